The van der Waals surface area contributed by atoms with Crippen LogP contribution in [0.25, 0.3) is 32.7 Å². The Morgan fingerprint density at radius 3 is 1.68 bits per heavy atom. The van der Waals surface area contributed by atoms with Crippen LogP contribution in [0, 0.1) is 6.92 Å². The number of aryl methyl sites for hydroxylation is 1. The molecule has 0 bridgehead atoms. The van der Waals surface area contributed by atoms with E-state index in [-0.39, 0.29) is 0 Å². The SMILES string of the molecule is Cc1cccc2c3c(ccc12)[Si](c1ccccc1)(c1ccccc1)c1ccc2ccccc2c1-3. The van der Waals surface area contributed by atoms with Gasteiger partial charge in [0.2, 0.25) is 0 Å². The molecule has 0 radical (unpaired) electrons. The summed E-state index contributed by atoms with van der Waals surface area (Å²) in [7, 11) is -2.48. The molecule has 0 spiro atoms. The minimum absolute atomic E-state index is 1.31. The lowest BCUT2D eigenvalue weighted by Gasteiger charge is -2.31. The lowest BCUT2D eigenvalue weighted by atomic mass is 9.93. The van der Waals surface area contributed by atoms with Gasteiger partial charge in [-0.1, -0.05) is 127 Å². The predicted octanol–water partition coefficient (Wildman–Crippen LogP) is 5.66. The first-order valence-electron chi connectivity index (χ1n) is 12.0. The van der Waals surface area contributed by atoms with Crippen LogP contribution in [-0.2, 0) is 0 Å². The van der Waals surface area contributed by atoms with Crippen molar-refractivity contribution in [2.24, 2.45) is 0 Å². The monoisotopic (exact) mass is 448 g/mol. The number of fused-ring (bicyclic) bond motifs is 7. The fourth-order valence-electron chi connectivity index (χ4n) is 6.26. The first kappa shape index (κ1) is 19.5. The van der Waals surface area contributed by atoms with Crippen LogP contribution in [0.5, 0.6) is 0 Å². The molecule has 0 aliphatic carbocycles. The zero-order valence-electron chi connectivity index (χ0n) is 19.1. The van der Waals surface area contributed by atoms with Gasteiger partial charge in [0, 0.05) is 0 Å². The molecule has 0 N–H and O–H groups in total. The summed E-state index contributed by atoms with van der Waals surface area (Å²) in [6, 6.07) is 47.8. The largest absolute Gasteiger partial charge is 0.180 e. The molecule has 0 aromatic heterocycles. The highest BCUT2D eigenvalue weighted by Gasteiger charge is 2.49. The van der Waals surface area contributed by atoms with E-state index in [1.807, 2.05) is 0 Å². The lowest BCUT2D eigenvalue weighted by molar-refractivity contribution is 1.53. The average molecular weight is 449 g/mol. The average Bonchev–Trinajstić information content (AvgIpc) is 3.22. The first-order valence-corrected chi connectivity index (χ1v) is 14.0. The van der Waals surface area contributed by atoms with Crippen molar-refractivity contribution in [3.8, 4) is 11.1 Å². The highest BCUT2D eigenvalue weighted by atomic mass is 28.3. The molecule has 6 aromatic rings. The third-order valence-electron chi connectivity index (χ3n) is 7.68. The zero-order valence-corrected chi connectivity index (χ0v) is 20.1. The standard InChI is InChI=1S/C33H24Si/c1-23-11-10-18-29-27(23)20-22-31-33(29)32-28-17-9-8-12-24(28)19-21-30(32)34(31,25-13-4-2-5-14-25)26-15-6-3-7-16-26/h2-22H,1H3. The van der Waals surface area contributed by atoms with Gasteiger partial charge in [0.1, 0.15) is 0 Å². The second kappa shape index (κ2) is 7.28. The van der Waals surface area contributed by atoms with Crippen LogP contribution in [0.15, 0.2) is 127 Å². The van der Waals surface area contributed by atoms with Gasteiger partial charge < -0.3 is 0 Å². The maximum absolute atomic E-state index is 2.48. The number of hydrogen-bond donors (Lipinski definition) is 0. The predicted molar refractivity (Wildman–Crippen MR) is 149 cm³/mol. The second-order valence-electron chi connectivity index (χ2n) is 9.35. The van der Waals surface area contributed by atoms with Gasteiger partial charge in [-0.2, -0.15) is 0 Å². The van der Waals surface area contributed by atoms with Crippen LogP contribution < -0.4 is 20.7 Å². The van der Waals surface area contributed by atoms with Crippen LogP contribution in [0.1, 0.15) is 5.56 Å². The van der Waals surface area contributed by atoms with Crippen LogP contribution in [0.4, 0.5) is 0 Å². The quantitative estimate of drug-likeness (QED) is 0.299. The fraction of sp³-hybridized carbons (Fsp3) is 0.0303. The van der Waals surface area contributed by atoms with Gasteiger partial charge in [0.15, 0.2) is 8.07 Å². The van der Waals surface area contributed by atoms with Gasteiger partial charge in [-0.15, -0.1) is 0 Å². The third-order valence-corrected chi connectivity index (χ3v) is 12.5. The van der Waals surface area contributed by atoms with Crippen LogP contribution in [-0.4, -0.2) is 8.07 Å². The van der Waals surface area contributed by atoms with Crippen LogP contribution >= 0.6 is 0 Å². The van der Waals surface area contributed by atoms with Gasteiger partial charge in [-0.3, -0.25) is 0 Å². The van der Waals surface area contributed by atoms with Crippen molar-refractivity contribution in [2.75, 3.05) is 0 Å². The lowest BCUT2D eigenvalue weighted by Crippen LogP contribution is -2.72. The summed E-state index contributed by atoms with van der Waals surface area (Å²) in [5, 5.41) is 11.3. The van der Waals surface area contributed by atoms with Crippen LogP contribution in [0.2, 0.25) is 0 Å². The van der Waals surface area contributed by atoms with Crippen LogP contribution in [0.3, 0.4) is 0 Å². The van der Waals surface area contributed by atoms with Crippen molar-refractivity contribution in [3.05, 3.63) is 133 Å². The van der Waals surface area contributed by atoms with Crippen molar-refractivity contribution in [1.29, 1.82) is 0 Å². The van der Waals surface area contributed by atoms with Gasteiger partial charge in [0.05, 0.1) is 0 Å². The maximum atomic E-state index is 2.45. The number of benzene rings is 6. The second-order valence-corrected chi connectivity index (χ2v) is 13.1. The van der Waals surface area contributed by atoms with Crippen molar-refractivity contribution in [2.45, 2.75) is 6.92 Å². The minimum Gasteiger partial charge on any atom is -0.0623 e. The van der Waals surface area contributed by atoms with Gasteiger partial charge in [0.25, 0.3) is 0 Å². The Hall–Kier alpha value is -3.94. The Labute approximate surface area is 201 Å². The van der Waals surface area contributed by atoms with Gasteiger partial charge in [-0.05, 0) is 65.9 Å². The smallest absolute Gasteiger partial charge is 0.0623 e. The van der Waals surface area contributed by atoms with E-state index < -0.39 is 8.07 Å². The van der Waals surface area contributed by atoms with E-state index in [0.29, 0.717) is 0 Å². The molecule has 1 heterocycles. The highest BCUT2D eigenvalue weighted by Crippen LogP contribution is 2.39. The maximum Gasteiger partial charge on any atom is 0.180 e. The Kier molecular flexibility index (Phi) is 4.18. The molecular weight excluding hydrogens is 424 g/mol. The van der Waals surface area contributed by atoms with Crippen molar-refractivity contribution < 1.29 is 0 Å². The Balaban J connectivity index is 1.77. The van der Waals surface area contributed by atoms with Crippen molar-refractivity contribution in [1.82, 2.24) is 0 Å². The molecule has 160 valence electrons. The normalized spacial score (nSPS) is 13.7. The molecule has 0 fully saturated rings. The highest BCUT2D eigenvalue weighted by molar-refractivity contribution is 7.22. The zero-order chi connectivity index (χ0) is 22.7. The summed E-state index contributed by atoms with van der Waals surface area (Å²) in [6.45, 7) is 2.23. The molecule has 0 saturated carbocycles. The minimum atomic E-state index is -2.48. The number of hydrogen-bond acceptors (Lipinski definition) is 0. The van der Waals surface area contributed by atoms with Crippen molar-refractivity contribution >= 4 is 50.4 Å². The molecule has 1 heteroatoms. The van der Waals surface area contributed by atoms with Gasteiger partial charge >= 0.3 is 0 Å². The summed E-state index contributed by atoms with van der Waals surface area (Å²) in [4.78, 5) is 0. The molecule has 0 saturated heterocycles. The molecule has 1 aliphatic rings. The molecule has 6 aromatic carbocycles. The van der Waals surface area contributed by atoms with E-state index in [2.05, 4.69) is 134 Å². The van der Waals surface area contributed by atoms with Gasteiger partial charge in [-0.25, -0.2) is 0 Å². The molecule has 7 rings (SSSR count). The molecule has 34 heavy (non-hydrogen) atoms. The summed E-state index contributed by atoms with van der Waals surface area (Å²) < 4.78 is 0. The third kappa shape index (κ3) is 2.48. The molecule has 1 aliphatic heterocycles. The Bertz CT molecular complexity index is 1660. The molecular formula is C33H24Si. The first-order chi connectivity index (χ1) is 16.8. The fourth-order valence-corrected chi connectivity index (χ4v) is 11.4. The van der Waals surface area contributed by atoms with E-state index in [1.165, 1.54) is 59.0 Å². The van der Waals surface area contributed by atoms with E-state index >= 15 is 0 Å². The summed E-state index contributed by atoms with van der Waals surface area (Å²) in [5.41, 5.74) is 4.21. The topological polar surface area (TPSA) is 0 Å². The van der Waals surface area contributed by atoms with E-state index in [1.54, 1.807) is 0 Å². The number of rotatable bonds is 2. The van der Waals surface area contributed by atoms with Crippen molar-refractivity contribution in [3.63, 3.8) is 0 Å². The van der Waals surface area contributed by atoms with E-state index in [0.717, 1.165) is 0 Å². The molecule has 0 atom stereocenters. The molecule has 0 nitrogen and oxygen atoms in total. The summed E-state index contributed by atoms with van der Waals surface area (Å²) in [6.07, 6.45) is 0. The van der Waals surface area contributed by atoms with E-state index in [4.69, 9.17) is 0 Å². The summed E-state index contributed by atoms with van der Waals surface area (Å²) in [5.74, 6) is 0. The van der Waals surface area contributed by atoms with E-state index in [9.17, 15) is 0 Å². The summed E-state index contributed by atoms with van der Waals surface area (Å²) >= 11 is 0. The Morgan fingerprint density at radius 2 is 0.971 bits per heavy atom. The molecule has 0 amide bonds. The Morgan fingerprint density at radius 1 is 0.412 bits per heavy atom. The molecule has 0 unspecified atom stereocenters.